The zero-order valence-corrected chi connectivity index (χ0v) is 68.6. The van der Waals surface area contributed by atoms with Crippen LogP contribution in [-0.2, 0) is 0 Å². The lowest BCUT2D eigenvalue weighted by Gasteiger charge is -2.73. The summed E-state index contributed by atoms with van der Waals surface area (Å²) in [5.74, 6) is 24.7. The van der Waals surface area contributed by atoms with E-state index < -0.39 is 0 Å². The second kappa shape index (κ2) is 28.8. The van der Waals surface area contributed by atoms with Crippen molar-refractivity contribution in [2.24, 2.45) is 163 Å². The van der Waals surface area contributed by atoms with Crippen molar-refractivity contribution in [2.75, 3.05) is 0 Å². The molecule has 16 fully saturated rings. The van der Waals surface area contributed by atoms with Crippen molar-refractivity contribution in [3.05, 3.63) is 0 Å². The van der Waals surface area contributed by atoms with Gasteiger partial charge in [0.1, 0.15) is 0 Å². The number of hydrogen-bond donors (Lipinski definition) is 0. The summed E-state index contributed by atoms with van der Waals surface area (Å²) in [7, 11) is 0. The van der Waals surface area contributed by atoms with Gasteiger partial charge in [-0.25, -0.2) is 0 Å². The van der Waals surface area contributed by atoms with Crippen LogP contribution in [0.4, 0.5) is 0 Å². The van der Waals surface area contributed by atoms with E-state index in [0.29, 0.717) is 27.1 Å². The first kappa shape index (κ1) is 73.1. The van der Waals surface area contributed by atoms with E-state index in [-0.39, 0.29) is 0 Å². The van der Waals surface area contributed by atoms with Crippen LogP contribution in [0.3, 0.4) is 0 Å². The van der Waals surface area contributed by atoms with Gasteiger partial charge in [-0.05, 0) is 290 Å². The van der Waals surface area contributed by atoms with Crippen LogP contribution in [0.25, 0.3) is 0 Å². The molecule has 2 heterocycles. The molecule has 2 saturated heterocycles. The lowest BCUT2D eigenvalue weighted by molar-refractivity contribution is -0.159. The zero-order valence-electron chi connectivity index (χ0n) is 68.6. The molecule has 0 spiro atoms. The van der Waals surface area contributed by atoms with Crippen LogP contribution in [0.2, 0.25) is 17.5 Å². The van der Waals surface area contributed by atoms with Crippen molar-refractivity contribution >= 4 is 6.71 Å². The van der Waals surface area contributed by atoms with Gasteiger partial charge in [0.05, 0.1) is 0 Å². The van der Waals surface area contributed by atoms with Gasteiger partial charge >= 0.3 is 0 Å². The third-order valence-corrected chi connectivity index (χ3v) is 38.4. The second-order valence-corrected chi connectivity index (χ2v) is 47.7. The van der Waals surface area contributed by atoms with Crippen molar-refractivity contribution < 1.29 is 0 Å². The number of nitrogens with zero attached hydrogens (tertiary/aromatic N) is 2. The van der Waals surface area contributed by atoms with Gasteiger partial charge in [0.25, 0.3) is 0 Å². The molecule has 23 atom stereocenters. The summed E-state index contributed by atoms with van der Waals surface area (Å²) in [6, 6.07) is 4.88. The molecule has 0 radical (unpaired) electrons. The summed E-state index contributed by atoms with van der Waals surface area (Å²) in [5.41, 5.74) is 1.99. The van der Waals surface area contributed by atoms with E-state index >= 15 is 0 Å². The smallest absolute Gasteiger partial charge is 0.156 e. The summed E-state index contributed by atoms with van der Waals surface area (Å²) in [4.78, 5) is 7.87. The molecule has 16 rings (SSSR count). The first-order valence-electron chi connectivity index (χ1n) is 46.8. The van der Waals surface area contributed by atoms with Gasteiger partial charge in [-0.1, -0.05) is 277 Å². The Morgan fingerprint density at radius 1 is 0.212 bits per heavy atom. The normalized spacial score (nSPS) is 47.2. The Morgan fingerprint density at radius 2 is 0.515 bits per heavy atom. The molecule has 14 saturated carbocycles. The number of hydrogen-bond acceptors (Lipinski definition) is 2. The van der Waals surface area contributed by atoms with E-state index in [1.54, 1.807) is 186 Å². The lowest BCUT2D eigenvalue weighted by atomic mass is 9.17. The monoisotopic (exact) mass is 1360 g/mol. The summed E-state index contributed by atoms with van der Waals surface area (Å²) < 4.78 is 0. The third kappa shape index (κ3) is 14.1. The molecular weight excluding hydrogens is 1190 g/mol. The molecule has 0 N–H and O–H groups in total. The highest BCUT2D eigenvalue weighted by Gasteiger charge is 2.70. The van der Waals surface area contributed by atoms with Crippen molar-refractivity contribution in [3.63, 3.8) is 0 Å². The largest absolute Gasteiger partial charge is 0.295 e. The van der Waals surface area contributed by atoms with Gasteiger partial charge in [-0.15, -0.1) is 0 Å². The molecule has 14 aliphatic carbocycles. The van der Waals surface area contributed by atoms with Gasteiger partial charge in [0.2, 0.25) is 0 Å². The molecule has 562 valence electrons. The first-order chi connectivity index (χ1) is 47.3. The molecule has 0 bridgehead atoms. The predicted molar refractivity (Wildman–Crippen MR) is 424 cm³/mol. The Balaban J connectivity index is 0.892. The molecule has 3 heteroatoms. The Kier molecular flexibility index (Phi) is 21.3. The van der Waals surface area contributed by atoms with Gasteiger partial charge in [-0.2, -0.15) is 0 Å². The zero-order chi connectivity index (χ0) is 68.8. The minimum atomic E-state index is 0.331. The molecule has 0 aromatic carbocycles. The van der Waals surface area contributed by atoms with E-state index in [4.69, 9.17) is 0 Å². The van der Waals surface area contributed by atoms with Crippen LogP contribution in [0.5, 0.6) is 0 Å². The highest BCUT2D eigenvalue weighted by atomic mass is 15.3. The van der Waals surface area contributed by atoms with Gasteiger partial charge in [-0.3, -0.25) is 9.80 Å². The molecule has 0 aromatic heterocycles. The molecule has 2 nitrogen and oxygen atoms in total. The Bertz CT molecular complexity index is 2560. The first-order valence-corrected chi connectivity index (χ1v) is 46.8. The highest BCUT2D eigenvalue weighted by molar-refractivity contribution is 6.65. The SMILES string of the molecule is CC(C)(C)C1CC2CCC3CC(C(C)(C)C)CC4C(C5CCC6C(C5)B5C7CC(C8CCCCC8)CCC7N(C7C(C8CCCCC8)CC(C(C)(C)C)CC7C7CCCCC7)C7CC(C(C)(C)C)CC(C57)N6C5C(C6CCCCC6)CC(C(C)(C)C)CC5C5CCCCC5)CC(C1)C2C34. The fraction of sp³-hybridized carbons (Fsp3) is 1.00. The predicted octanol–water partition coefficient (Wildman–Crippen LogP) is 27.2. The van der Waals surface area contributed by atoms with Crippen LogP contribution < -0.4 is 0 Å². The molecule has 0 aromatic rings. The molecular formula is C96H165BN2. The molecule has 0 amide bonds. The number of fused-ring (bicyclic) bond motifs is 4. The van der Waals surface area contributed by atoms with E-state index in [0.717, 1.165) is 197 Å². The third-order valence-electron chi connectivity index (χ3n) is 38.4. The average molecular weight is 1360 g/mol. The molecule has 99 heavy (non-hydrogen) atoms. The maximum absolute atomic E-state index is 3.95. The number of rotatable bonds is 8. The van der Waals surface area contributed by atoms with Crippen LogP contribution in [0, 0.1) is 163 Å². The maximum atomic E-state index is 3.95. The van der Waals surface area contributed by atoms with E-state index in [2.05, 4.69) is 114 Å². The average Bonchev–Trinajstić information content (AvgIpc) is 0.683. The van der Waals surface area contributed by atoms with Crippen molar-refractivity contribution in [1.29, 1.82) is 0 Å². The lowest BCUT2D eigenvalue weighted by Crippen LogP contribution is -2.77. The minimum Gasteiger partial charge on any atom is -0.295 e. The Morgan fingerprint density at radius 3 is 0.909 bits per heavy atom. The summed E-state index contributed by atoms with van der Waals surface area (Å²) >= 11 is 0. The van der Waals surface area contributed by atoms with Crippen LogP contribution >= 0.6 is 0 Å². The van der Waals surface area contributed by atoms with Crippen LogP contribution in [0.1, 0.15) is 386 Å². The topological polar surface area (TPSA) is 6.48 Å². The van der Waals surface area contributed by atoms with E-state index in [1.165, 1.54) is 96.3 Å². The second-order valence-electron chi connectivity index (χ2n) is 47.7. The quantitative estimate of drug-likeness (QED) is 0.224. The van der Waals surface area contributed by atoms with Gasteiger partial charge in [0.15, 0.2) is 6.71 Å². The summed E-state index contributed by atoms with van der Waals surface area (Å²) in [6.07, 6.45) is 68.7. The van der Waals surface area contributed by atoms with Crippen LogP contribution in [0.15, 0.2) is 0 Å². The van der Waals surface area contributed by atoms with E-state index in [1.807, 2.05) is 0 Å². The maximum Gasteiger partial charge on any atom is 0.156 e. The van der Waals surface area contributed by atoms with Crippen molar-refractivity contribution in [2.45, 2.75) is 440 Å². The Labute approximate surface area is 616 Å². The fourth-order valence-electron chi connectivity index (χ4n) is 33.4. The standard InChI is InChI=1S/C96H165BN2/c1-92(2,3)70-47-67-41-42-68-48-71(93(4,5)6)57-80-75(50-69(49-70)87(67)88(68)80)66-44-46-84-82(52-66)97-81-51-65(60-31-21-16-22-32-60)43-45-83(81)98(90-76(61-33-23-17-24-34-61)53-72(94(7,8)9)54-77(90)62-35-25-18-26-36-62)85-58-74(96(13,14)15)59-86(89(85)97)99(84)91-78(63-37-27-19-28-38-63)55-73(95(10,11)12)56-79(91)64-39-29-20-30-40-64/h60-91H,16-59H2,1-15H3. The van der Waals surface area contributed by atoms with Gasteiger partial charge < -0.3 is 0 Å². The van der Waals surface area contributed by atoms with E-state index in [9.17, 15) is 0 Å². The molecule has 16 aliphatic rings. The fourth-order valence-corrected chi connectivity index (χ4v) is 33.4. The van der Waals surface area contributed by atoms with Gasteiger partial charge in [0, 0.05) is 36.3 Å². The van der Waals surface area contributed by atoms with Crippen molar-refractivity contribution in [3.8, 4) is 0 Å². The molecule has 2 aliphatic heterocycles. The Hall–Kier alpha value is -0.0151. The highest BCUT2D eigenvalue weighted by Crippen LogP contribution is 2.72. The van der Waals surface area contributed by atoms with Crippen molar-refractivity contribution in [1.82, 2.24) is 9.80 Å². The van der Waals surface area contributed by atoms with Crippen LogP contribution in [-0.4, -0.2) is 52.8 Å². The summed E-state index contributed by atoms with van der Waals surface area (Å²) in [6.45, 7) is 42.1. The summed E-state index contributed by atoms with van der Waals surface area (Å²) in [5, 5.41) is 0. The minimum absolute atomic E-state index is 0.331. The molecule has 23 unspecified atom stereocenters.